The van der Waals surface area contributed by atoms with E-state index < -0.39 is 5.91 Å². The molecule has 1 aromatic heterocycles. The van der Waals surface area contributed by atoms with E-state index in [1.807, 2.05) is 6.07 Å². The van der Waals surface area contributed by atoms with Gasteiger partial charge in [0.15, 0.2) is 0 Å². The first kappa shape index (κ1) is 11.2. The van der Waals surface area contributed by atoms with Crippen molar-refractivity contribution < 1.29 is 9.59 Å². The highest BCUT2D eigenvalue weighted by Crippen LogP contribution is 1.94. The smallest absolute Gasteiger partial charge is 0.226 e. The van der Waals surface area contributed by atoms with Gasteiger partial charge in [0.05, 0.1) is 6.42 Å². The molecule has 15 heavy (non-hydrogen) atoms. The van der Waals surface area contributed by atoms with Crippen molar-refractivity contribution in [1.82, 2.24) is 10.3 Å². The lowest BCUT2D eigenvalue weighted by atomic mass is 10.2. The highest BCUT2D eigenvalue weighted by atomic mass is 16.2. The van der Waals surface area contributed by atoms with Crippen LogP contribution in [0.1, 0.15) is 12.1 Å². The standard InChI is InChI=1S/C10H13N3O2/c11-9(14)4-6-13-10(15)7-8-3-1-2-5-12-8/h1-3,5H,4,6-7H2,(H2,11,14)(H,13,15). The summed E-state index contributed by atoms with van der Waals surface area (Å²) in [4.78, 5) is 25.7. The lowest BCUT2D eigenvalue weighted by Gasteiger charge is -2.02. The van der Waals surface area contributed by atoms with Crippen LogP contribution in [-0.2, 0) is 16.0 Å². The van der Waals surface area contributed by atoms with Crippen LogP contribution >= 0.6 is 0 Å². The molecule has 0 aliphatic carbocycles. The van der Waals surface area contributed by atoms with E-state index in [1.54, 1.807) is 18.3 Å². The highest BCUT2D eigenvalue weighted by molar-refractivity contribution is 5.79. The van der Waals surface area contributed by atoms with Crippen molar-refractivity contribution in [3.05, 3.63) is 30.1 Å². The zero-order valence-corrected chi connectivity index (χ0v) is 8.27. The van der Waals surface area contributed by atoms with Gasteiger partial charge in [-0.2, -0.15) is 0 Å². The number of rotatable bonds is 5. The first-order chi connectivity index (χ1) is 7.18. The number of hydrogen-bond acceptors (Lipinski definition) is 3. The number of carbonyl (C=O) groups excluding carboxylic acids is 2. The molecule has 0 bridgehead atoms. The average molecular weight is 207 g/mol. The predicted molar refractivity (Wildman–Crippen MR) is 54.8 cm³/mol. The number of amides is 2. The number of nitrogens with two attached hydrogens (primary N) is 1. The molecule has 1 heterocycles. The van der Waals surface area contributed by atoms with Gasteiger partial charge in [-0.15, -0.1) is 0 Å². The molecule has 0 radical (unpaired) electrons. The molecule has 0 saturated heterocycles. The summed E-state index contributed by atoms with van der Waals surface area (Å²) >= 11 is 0. The Balaban J connectivity index is 2.28. The van der Waals surface area contributed by atoms with Crippen LogP contribution in [0.5, 0.6) is 0 Å². The minimum Gasteiger partial charge on any atom is -0.370 e. The van der Waals surface area contributed by atoms with Crippen molar-refractivity contribution in [3.8, 4) is 0 Å². The van der Waals surface area contributed by atoms with Crippen molar-refractivity contribution in [2.75, 3.05) is 6.54 Å². The summed E-state index contributed by atoms with van der Waals surface area (Å²) in [5.74, 6) is -0.580. The van der Waals surface area contributed by atoms with Gasteiger partial charge in [-0.05, 0) is 12.1 Å². The molecular weight excluding hydrogens is 194 g/mol. The molecule has 2 amide bonds. The second-order valence-corrected chi connectivity index (χ2v) is 3.06. The summed E-state index contributed by atoms with van der Waals surface area (Å²) < 4.78 is 0. The summed E-state index contributed by atoms with van der Waals surface area (Å²) in [5, 5.41) is 2.58. The van der Waals surface area contributed by atoms with Gasteiger partial charge >= 0.3 is 0 Å². The summed E-state index contributed by atoms with van der Waals surface area (Å²) in [5.41, 5.74) is 5.63. The fraction of sp³-hybridized carbons (Fsp3) is 0.300. The van der Waals surface area contributed by atoms with Crippen LogP contribution in [0.25, 0.3) is 0 Å². The van der Waals surface area contributed by atoms with Crippen LogP contribution in [0.15, 0.2) is 24.4 Å². The zero-order chi connectivity index (χ0) is 11.1. The van der Waals surface area contributed by atoms with Crippen molar-refractivity contribution >= 4 is 11.8 Å². The van der Waals surface area contributed by atoms with E-state index in [-0.39, 0.29) is 25.3 Å². The third kappa shape index (κ3) is 4.75. The molecule has 0 fully saturated rings. The van der Waals surface area contributed by atoms with Crippen LogP contribution in [-0.4, -0.2) is 23.3 Å². The molecule has 0 spiro atoms. The molecule has 0 aliphatic heterocycles. The predicted octanol–water partition coefficient (Wildman–Crippen LogP) is -0.384. The van der Waals surface area contributed by atoms with E-state index in [0.717, 1.165) is 0 Å². The fourth-order valence-electron chi connectivity index (χ4n) is 1.05. The third-order valence-corrected chi connectivity index (χ3v) is 1.76. The normalized spacial score (nSPS) is 9.60. The zero-order valence-electron chi connectivity index (χ0n) is 8.27. The summed E-state index contributed by atoms with van der Waals surface area (Å²) in [6.07, 6.45) is 2.01. The maximum Gasteiger partial charge on any atom is 0.226 e. The molecular formula is C10H13N3O2. The lowest BCUT2D eigenvalue weighted by molar-refractivity contribution is -0.120. The van der Waals surface area contributed by atoms with Gasteiger partial charge in [-0.1, -0.05) is 6.07 Å². The van der Waals surface area contributed by atoms with Crippen LogP contribution in [0.2, 0.25) is 0 Å². The van der Waals surface area contributed by atoms with Crippen LogP contribution in [0, 0.1) is 0 Å². The average Bonchev–Trinajstić information content (AvgIpc) is 2.18. The summed E-state index contributed by atoms with van der Waals surface area (Å²) in [7, 11) is 0. The summed E-state index contributed by atoms with van der Waals surface area (Å²) in [6, 6.07) is 5.38. The minimum atomic E-state index is -0.423. The van der Waals surface area contributed by atoms with Crippen LogP contribution < -0.4 is 11.1 Å². The molecule has 1 rings (SSSR count). The van der Waals surface area contributed by atoms with Gasteiger partial charge in [0, 0.05) is 24.9 Å². The molecule has 0 aromatic carbocycles. The first-order valence-electron chi connectivity index (χ1n) is 4.63. The van der Waals surface area contributed by atoms with E-state index in [9.17, 15) is 9.59 Å². The Labute approximate surface area is 87.7 Å². The summed E-state index contributed by atoms with van der Waals surface area (Å²) in [6.45, 7) is 0.279. The number of hydrogen-bond donors (Lipinski definition) is 2. The molecule has 0 atom stereocenters. The Bertz CT molecular complexity index is 338. The molecule has 5 heteroatoms. The maximum absolute atomic E-state index is 11.3. The Hall–Kier alpha value is -1.91. The third-order valence-electron chi connectivity index (χ3n) is 1.76. The molecule has 80 valence electrons. The Morgan fingerprint density at radius 1 is 1.40 bits per heavy atom. The van der Waals surface area contributed by atoms with E-state index in [2.05, 4.69) is 10.3 Å². The number of aromatic nitrogens is 1. The largest absolute Gasteiger partial charge is 0.370 e. The fourth-order valence-corrected chi connectivity index (χ4v) is 1.05. The molecule has 1 aromatic rings. The number of primary amides is 1. The molecule has 3 N–H and O–H groups in total. The van der Waals surface area contributed by atoms with E-state index >= 15 is 0 Å². The number of pyridine rings is 1. The van der Waals surface area contributed by atoms with Gasteiger partial charge in [-0.3, -0.25) is 14.6 Å². The Morgan fingerprint density at radius 2 is 2.20 bits per heavy atom. The Morgan fingerprint density at radius 3 is 2.80 bits per heavy atom. The first-order valence-corrected chi connectivity index (χ1v) is 4.63. The number of carbonyl (C=O) groups is 2. The van der Waals surface area contributed by atoms with Crippen molar-refractivity contribution in [2.45, 2.75) is 12.8 Å². The molecule has 0 aliphatic rings. The topological polar surface area (TPSA) is 85.1 Å². The van der Waals surface area contributed by atoms with Crippen LogP contribution in [0.4, 0.5) is 0 Å². The van der Waals surface area contributed by atoms with Crippen LogP contribution in [0.3, 0.4) is 0 Å². The SMILES string of the molecule is NC(=O)CCNC(=O)Cc1ccccn1. The maximum atomic E-state index is 11.3. The minimum absolute atomic E-state index is 0.157. The number of nitrogens with zero attached hydrogens (tertiary/aromatic N) is 1. The van der Waals surface area contributed by atoms with Gasteiger partial charge in [0.2, 0.25) is 11.8 Å². The highest BCUT2D eigenvalue weighted by Gasteiger charge is 2.03. The monoisotopic (exact) mass is 207 g/mol. The van der Waals surface area contributed by atoms with E-state index in [1.165, 1.54) is 0 Å². The molecule has 5 nitrogen and oxygen atoms in total. The second-order valence-electron chi connectivity index (χ2n) is 3.06. The second kappa shape index (κ2) is 5.74. The van der Waals surface area contributed by atoms with Crippen molar-refractivity contribution in [2.24, 2.45) is 5.73 Å². The number of nitrogens with one attached hydrogen (secondary N) is 1. The van der Waals surface area contributed by atoms with Gasteiger partial charge < -0.3 is 11.1 Å². The van der Waals surface area contributed by atoms with E-state index in [4.69, 9.17) is 5.73 Å². The van der Waals surface area contributed by atoms with Crippen molar-refractivity contribution in [1.29, 1.82) is 0 Å². The van der Waals surface area contributed by atoms with E-state index in [0.29, 0.717) is 5.69 Å². The Kier molecular flexibility index (Phi) is 4.28. The lowest BCUT2D eigenvalue weighted by Crippen LogP contribution is -2.29. The quantitative estimate of drug-likeness (QED) is 0.690. The van der Waals surface area contributed by atoms with Crippen molar-refractivity contribution in [3.63, 3.8) is 0 Å². The molecule has 0 saturated carbocycles. The van der Waals surface area contributed by atoms with Gasteiger partial charge in [0.1, 0.15) is 0 Å². The van der Waals surface area contributed by atoms with Gasteiger partial charge in [0.25, 0.3) is 0 Å². The van der Waals surface area contributed by atoms with Gasteiger partial charge in [-0.25, -0.2) is 0 Å². The molecule has 0 unspecified atom stereocenters.